The maximum absolute atomic E-state index is 12.7. The average molecular weight is 301 g/mol. The van der Waals surface area contributed by atoms with Crippen LogP contribution < -0.4 is 4.90 Å². The summed E-state index contributed by atoms with van der Waals surface area (Å²) in [6.07, 6.45) is 7.40. The van der Waals surface area contributed by atoms with E-state index in [-0.39, 0.29) is 5.91 Å². The summed E-state index contributed by atoms with van der Waals surface area (Å²) in [5, 5.41) is 0. The maximum Gasteiger partial charge on any atom is 0.272 e. The molecule has 22 heavy (non-hydrogen) atoms. The summed E-state index contributed by atoms with van der Waals surface area (Å²) in [5.41, 5.74) is 0.607. The van der Waals surface area contributed by atoms with Crippen LogP contribution in [0.4, 0.5) is 5.82 Å². The van der Waals surface area contributed by atoms with Crippen molar-refractivity contribution in [3.8, 4) is 0 Å². The van der Waals surface area contributed by atoms with Crippen molar-refractivity contribution in [2.24, 2.45) is 5.92 Å². The lowest BCUT2D eigenvalue weighted by atomic mass is 10.00. The predicted molar refractivity (Wildman–Crippen MR) is 89.2 cm³/mol. The van der Waals surface area contributed by atoms with Gasteiger partial charge in [-0.05, 0) is 43.7 Å². The zero-order valence-electron chi connectivity index (χ0n) is 13.6. The van der Waals surface area contributed by atoms with Crippen molar-refractivity contribution in [3.05, 3.63) is 23.9 Å². The van der Waals surface area contributed by atoms with Crippen molar-refractivity contribution < 1.29 is 4.79 Å². The molecule has 0 saturated carbocycles. The molecule has 0 spiro atoms. The van der Waals surface area contributed by atoms with E-state index in [0.29, 0.717) is 11.6 Å². The summed E-state index contributed by atoms with van der Waals surface area (Å²) in [4.78, 5) is 21.7. The smallest absolute Gasteiger partial charge is 0.272 e. The fourth-order valence-corrected chi connectivity index (χ4v) is 3.55. The van der Waals surface area contributed by atoms with Crippen molar-refractivity contribution in [2.45, 2.75) is 45.4 Å². The minimum atomic E-state index is 0.100. The van der Waals surface area contributed by atoms with Gasteiger partial charge in [0.15, 0.2) is 0 Å². The third-order valence-corrected chi connectivity index (χ3v) is 4.83. The third-order valence-electron chi connectivity index (χ3n) is 4.83. The van der Waals surface area contributed by atoms with Crippen molar-refractivity contribution in [1.29, 1.82) is 0 Å². The minimum absolute atomic E-state index is 0.100. The molecule has 0 aromatic carbocycles. The van der Waals surface area contributed by atoms with E-state index in [2.05, 4.69) is 16.8 Å². The average Bonchev–Trinajstić information content (AvgIpc) is 2.83. The minimum Gasteiger partial charge on any atom is -0.357 e. The molecular weight excluding hydrogens is 274 g/mol. The molecule has 0 N–H and O–H groups in total. The molecule has 2 aliphatic heterocycles. The van der Waals surface area contributed by atoms with Gasteiger partial charge in [0.1, 0.15) is 11.5 Å². The van der Waals surface area contributed by atoms with Crippen LogP contribution in [0.2, 0.25) is 0 Å². The summed E-state index contributed by atoms with van der Waals surface area (Å²) in [6.45, 7) is 6.09. The number of rotatable bonds is 2. The largest absolute Gasteiger partial charge is 0.357 e. The normalized spacial score (nSPS) is 23.2. The second-order valence-electron chi connectivity index (χ2n) is 6.78. The molecule has 4 nitrogen and oxygen atoms in total. The van der Waals surface area contributed by atoms with Crippen LogP contribution in [0.5, 0.6) is 0 Å². The zero-order chi connectivity index (χ0) is 15.4. The van der Waals surface area contributed by atoms with Gasteiger partial charge in [0.05, 0.1) is 0 Å². The van der Waals surface area contributed by atoms with Gasteiger partial charge in [0, 0.05) is 26.2 Å². The van der Waals surface area contributed by atoms with Gasteiger partial charge in [0.25, 0.3) is 5.91 Å². The molecular formula is C18H27N3O. The molecule has 120 valence electrons. The summed E-state index contributed by atoms with van der Waals surface area (Å²) >= 11 is 0. The number of nitrogens with zero attached hydrogens (tertiary/aromatic N) is 3. The highest BCUT2D eigenvalue weighted by Crippen LogP contribution is 2.20. The predicted octanol–water partition coefficient (Wildman–Crippen LogP) is 3.33. The molecule has 0 bridgehead atoms. The topological polar surface area (TPSA) is 36.4 Å². The molecule has 0 aliphatic carbocycles. The van der Waals surface area contributed by atoms with Crippen LogP contribution in [0.15, 0.2) is 18.2 Å². The van der Waals surface area contributed by atoms with E-state index >= 15 is 0 Å². The third kappa shape index (κ3) is 3.60. The lowest BCUT2D eigenvalue weighted by molar-refractivity contribution is 0.0677. The monoisotopic (exact) mass is 301 g/mol. The summed E-state index contributed by atoms with van der Waals surface area (Å²) in [6, 6.07) is 5.89. The first kappa shape index (κ1) is 15.3. The van der Waals surface area contributed by atoms with Crippen LogP contribution in [-0.4, -0.2) is 42.0 Å². The van der Waals surface area contributed by atoms with Gasteiger partial charge in [-0.15, -0.1) is 0 Å². The number of anilines is 1. The Morgan fingerprint density at radius 3 is 2.59 bits per heavy atom. The van der Waals surface area contributed by atoms with Gasteiger partial charge in [-0.3, -0.25) is 4.79 Å². The molecule has 3 heterocycles. The molecule has 1 atom stereocenters. The molecule has 2 aliphatic rings. The first-order chi connectivity index (χ1) is 10.7. The molecule has 4 heteroatoms. The van der Waals surface area contributed by atoms with Gasteiger partial charge in [-0.2, -0.15) is 0 Å². The van der Waals surface area contributed by atoms with Crippen LogP contribution >= 0.6 is 0 Å². The Morgan fingerprint density at radius 2 is 1.86 bits per heavy atom. The van der Waals surface area contributed by atoms with Crippen LogP contribution in [0.1, 0.15) is 55.9 Å². The van der Waals surface area contributed by atoms with Crippen LogP contribution in [0.25, 0.3) is 0 Å². The highest BCUT2D eigenvalue weighted by Gasteiger charge is 2.23. The van der Waals surface area contributed by atoms with E-state index in [1.165, 1.54) is 32.1 Å². The fourth-order valence-electron chi connectivity index (χ4n) is 3.55. The molecule has 2 fully saturated rings. The Bertz CT molecular complexity index is 509. The number of amides is 1. The van der Waals surface area contributed by atoms with Crippen molar-refractivity contribution >= 4 is 11.7 Å². The number of likely N-dealkylation sites (tertiary alicyclic amines) is 1. The lowest BCUT2D eigenvalue weighted by Gasteiger charge is -2.31. The standard InChI is InChI=1S/C18H27N3O/c1-15-8-7-13-21(14-15)18(22)16-9-6-10-17(19-16)20-11-4-2-3-5-12-20/h6,9-10,15H,2-5,7-8,11-14H2,1H3. The molecule has 1 unspecified atom stereocenters. The molecule has 2 saturated heterocycles. The lowest BCUT2D eigenvalue weighted by Crippen LogP contribution is -2.39. The Morgan fingerprint density at radius 1 is 1.09 bits per heavy atom. The van der Waals surface area contributed by atoms with Crippen molar-refractivity contribution in [2.75, 3.05) is 31.1 Å². The highest BCUT2D eigenvalue weighted by molar-refractivity contribution is 5.92. The number of carbonyl (C=O) groups is 1. The van der Waals surface area contributed by atoms with Gasteiger partial charge in [0.2, 0.25) is 0 Å². The summed E-state index contributed by atoms with van der Waals surface area (Å²) in [7, 11) is 0. The maximum atomic E-state index is 12.7. The quantitative estimate of drug-likeness (QED) is 0.840. The highest BCUT2D eigenvalue weighted by atomic mass is 16.2. The number of hydrogen-bond donors (Lipinski definition) is 0. The Kier molecular flexibility index (Phi) is 4.96. The summed E-state index contributed by atoms with van der Waals surface area (Å²) in [5.74, 6) is 1.67. The van der Waals surface area contributed by atoms with E-state index in [4.69, 9.17) is 0 Å². The second-order valence-corrected chi connectivity index (χ2v) is 6.78. The van der Waals surface area contributed by atoms with Crippen LogP contribution in [0, 0.1) is 5.92 Å². The Balaban J connectivity index is 1.73. The Hall–Kier alpha value is -1.58. The fraction of sp³-hybridized carbons (Fsp3) is 0.667. The zero-order valence-corrected chi connectivity index (χ0v) is 13.6. The molecule has 1 amide bonds. The Labute approximate surface area is 133 Å². The number of piperidine rings is 1. The number of pyridine rings is 1. The van der Waals surface area contributed by atoms with Crippen molar-refractivity contribution in [3.63, 3.8) is 0 Å². The van der Waals surface area contributed by atoms with Gasteiger partial charge in [-0.1, -0.05) is 25.8 Å². The molecule has 0 radical (unpaired) electrons. The van der Waals surface area contributed by atoms with E-state index in [1.807, 2.05) is 23.1 Å². The van der Waals surface area contributed by atoms with E-state index in [0.717, 1.165) is 38.4 Å². The number of hydrogen-bond acceptors (Lipinski definition) is 3. The van der Waals surface area contributed by atoms with E-state index in [9.17, 15) is 4.79 Å². The van der Waals surface area contributed by atoms with E-state index < -0.39 is 0 Å². The number of aromatic nitrogens is 1. The van der Waals surface area contributed by atoms with Gasteiger partial charge >= 0.3 is 0 Å². The molecule has 1 aromatic heterocycles. The van der Waals surface area contributed by atoms with E-state index in [1.54, 1.807) is 0 Å². The molecule has 3 rings (SSSR count). The number of carbonyl (C=O) groups excluding carboxylic acids is 1. The summed E-state index contributed by atoms with van der Waals surface area (Å²) < 4.78 is 0. The second kappa shape index (κ2) is 7.12. The first-order valence-corrected chi connectivity index (χ1v) is 8.75. The van der Waals surface area contributed by atoms with Gasteiger partial charge < -0.3 is 9.80 Å². The van der Waals surface area contributed by atoms with Gasteiger partial charge in [-0.25, -0.2) is 4.98 Å². The molecule has 1 aromatic rings. The van der Waals surface area contributed by atoms with Crippen molar-refractivity contribution in [1.82, 2.24) is 9.88 Å². The SMILES string of the molecule is CC1CCCN(C(=O)c2cccc(N3CCCCCC3)n2)C1. The van der Waals surface area contributed by atoms with Crippen LogP contribution in [-0.2, 0) is 0 Å². The van der Waals surface area contributed by atoms with Crippen LogP contribution in [0.3, 0.4) is 0 Å². The first-order valence-electron chi connectivity index (χ1n) is 8.75.